The maximum atomic E-state index is 11.2. The van der Waals surface area contributed by atoms with Crippen LogP contribution >= 0.6 is 35.3 Å². The van der Waals surface area contributed by atoms with E-state index in [4.69, 9.17) is 0 Å². The number of sulfone groups is 1. The van der Waals surface area contributed by atoms with Crippen LogP contribution in [0.3, 0.4) is 0 Å². The van der Waals surface area contributed by atoms with E-state index in [1.807, 2.05) is 36.0 Å². The number of nitrogens with zero attached hydrogens (tertiary/aromatic N) is 3. The van der Waals surface area contributed by atoms with Gasteiger partial charge in [0, 0.05) is 36.6 Å². The van der Waals surface area contributed by atoms with E-state index in [9.17, 15) is 8.42 Å². The molecule has 2 heterocycles. The Bertz CT molecular complexity index is 741. The van der Waals surface area contributed by atoms with Crippen molar-refractivity contribution in [1.82, 2.24) is 20.0 Å². The van der Waals surface area contributed by atoms with Crippen molar-refractivity contribution in [1.29, 1.82) is 0 Å². The first-order valence-corrected chi connectivity index (χ1v) is 10.4. The average Bonchev–Trinajstić information content (AvgIpc) is 3.03. The second kappa shape index (κ2) is 9.56. The van der Waals surface area contributed by atoms with Gasteiger partial charge in [0.25, 0.3) is 0 Å². The minimum Gasteiger partial charge on any atom is -0.357 e. The van der Waals surface area contributed by atoms with Gasteiger partial charge in [-0.05, 0) is 20.3 Å². The minimum atomic E-state index is -2.94. The quantitative estimate of drug-likeness (QED) is 0.356. The molecule has 0 spiro atoms. The van der Waals surface area contributed by atoms with Crippen molar-refractivity contribution in [3.8, 4) is 0 Å². The van der Waals surface area contributed by atoms with Gasteiger partial charge in [0.2, 0.25) is 0 Å². The molecule has 0 saturated carbocycles. The fourth-order valence-electron chi connectivity index (χ4n) is 2.03. The third-order valence-electron chi connectivity index (χ3n) is 3.19. The summed E-state index contributed by atoms with van der Waals surface area (Å²) in [5.41, 5.74) is 0.901. The van der Waals surface area contributed by atoms with Crippen LogP contribution < -0.4 is 10.6 Å². The van der Waals surface area contributed by atoms with Gasteiger partial charge in [-0.3, -0.25) is 4.40 Å². The van der Waals surface area contributed by atoms with Crippen molar-refractivity contribution in [2.75, 3.05) is 18.6 Å². The zero-order valence-corrected chi connectivity index (χ0v) is 18.0. The molecule has 1 atom stereocenters. The topological polar surface area (TPSA) is 87.9 Å². The number of rotatable bonds is 7. The predicted octanol–water partition coefficient (Wildman–Crippen LogP) is 1.89. The van der Waals surface area contributed by atoms with Gasteiger partial charge in [0.15, 0.2) is 10.9 Å². The predicted molar refractivity (Wildman–Crippen MR) is 110 cm³/mol. The minimum absolute atomic E-state index is 0. The van der Waals surface area contributed by atoms with Gasteiger partial charge in [-0.1, -0.05) is 0 Å². The maximum Gasteiger partial charge on any atom is 0.193 e. The van der Waals surface area contributed by atoms with Crippen molar-refractivity contribution >= 4 is 56.1 Å². The monoisotopic (exact) mass is 485 g/mol. The first-order chi connectivity index (χ1) is 10.9. The van der Waals surface area contributed by atoms with Crippen LogP contribution in [-0.4, -0.2) is 48.4 Å². The van der Waals surface area contributed by atoms with E-state index >= 15 is 0 Å². The Hall–Kier alpha value is -0.880. The lowest BCUT2D eigenvalue weighted by Crippen LogP contribution is -2.42. The van der Waals surface area contributed by atoms with Crippen LogP contribution in [0.15, 0.2) is 22.8 Å². The Kier molecular flexibility index (Phi) is 8.43. The molecule has 0 aliphatic heterocycles. The molecule has 2 rings (SSSR count). The number of halogens is 1. The average molecular weight is 485 g/mol. The number of hydrogen-bond donors (Lipinski definition) is 2. The summed E-state index contributed by atoms with van der Waals surface area (Å²) in [7, 11) is -2.94. The standard InChI is InChI=1S/C14H23N5O2S2.HI/c1-4-15-13(17-11(2)5-8-23(3,20)21)16-9-12-10-19-6-7-22-14(19)18-12;/h6-7,10-11H,4-5,8-9H2,1-3H3,(H2,15,16,17);1H. The second-order valence-corrected chi connectivity index (χ2v) is 8.62. The van der Waals surface area contributed by atoms with Gasteiger partial charge in [-0.2, -0.15) is 0 Å². The van der Waals surface area contributed by atoms with Gasteiger partial charge in [0.1, 0.15) is 9.84 Å². The highest BCUT2D eigenvalue weighted by molar-refractivity contribution is 14.0. The number of aliphatic imine (C=N–C) groups is 1. The summed E-state index contributed by atoms with van der Waals surface area (Å²) >= 11 is 1.59. The molecule has 2 aromatic heterocycles. The molecule has 0 aromatic carbocycles. The zero-order valence-electron chi connectivity index (χ0n) is 14.0. The van der Waals surface area contributed by atoms with Crippen LogP contribution in [0.4, 0.5) is 0 Å². The molecule has 0 aliphatic rings. The van der Waals surface area contributed by atoms with Gasteiger partial charge >= 0.3 is 0 Å². The number of aromatic nitrogens is 2. The molecular weight excluding hydrogens is 461 g/mol. The highest BCUT2D eigenvalue weighted by Crippen LogP contribution is 2.11. The number of nitrogens with one attached hydrogen (secondary N) is 2. The summed E-state index contributed by atoms with van der Waals surface area (Å²) < 4.78 is 24.4. The molecule has 7 nitrogen and oxygen atoms in total. The van der Waals surface area contributed by atoms with Crippen molar-refractivity contribution in [3.63, 3.8) is 0 Å². The van der Waals surface area contributed by atoms with E-state index in [-0.39, 0.29) is 35.8 Å². The van der Waals surface area contributed by atoms with Crippen molar-refractivity contribution < 1.29 is 8.42 Å². The van der Waals surface area contributed by atoms with Crippen LogP contribution in [0.1, 0.15) is 26.0 Å². The molecule has 0 bridgehead atoms. The molecule has 0 radical (unpaired) electrons. The SMILES string of the molecule is CCNC(=NCc1cn2ccsc2n1)NC(C)CCS(C)(=O)=O.I. The first-order valence-electron chi connectivity index (χ1n) is 7.51. The molecular formula is C14H24IN5O2S2. The number of fused-ring (bicyclic) bond motifs is 1. The van der Waals surface area contributed by atoms with E-state index in [0.29, 0.717) is 18.9 Å². The molecule has 2 N–H and O–H groups in total. The third kappa shape index (κ3) is 6.93. The highest BCUT2D eigenvalue weighted by Gasteiger charge is 2.10. The summed E-state index contributed by atoms with van der Waals surface area (Å²) in [5.74, 6) is 0.836. The zero-order chi connectivity index (χ0) is 16.9. The fraction of sp³-hybridized carbons (Fsp3) is 0.571. The highest BCUT2D eigenvalue weighted by atomic mass is 127. The lowest BCUT2D eigenvalue weighted by molar-refractivity contribution is 0.581. The summed E-state index contributed by atoms with van der Waals surface area (Å²) in [6.07, 6.45) is 5.73. The molecule has 2 aromatic rings. The first kappa shape index (κ1) is 21.2. The van der Waals surface area contributed by atoms with Crippen LogP contribution in [0, 0.1) is 0 Å². The number of hydrogen-bond acceptors (Lipinski definition) is 5. The number of guanidine groups is 1. The van der Waals surface area contributed by atoms with Crippen LogP contribution in [0.2, 0.25) is 0 Å². The van der Waals surface area contributed by atoms with Gasteiger partial charge in [0.05, 0.1) is 18.0 Å². The van der Waals surface area contributed by atoms with Crippen LogP contribution in [0.25, 0.3) is 4.96 Å². The summed E-state index contributed by atoms with van der Waals surface area (Å²) in [4.78, 5) is 9.96. The Morgan fingerprint density at radius 1 is 1.50 bits per heavy atom. The van der Waals surface area contributed by atoms with Crippen LogP contribution in [-0.2, 0) is 16.4 Å². The summed E-state index contributed by atoms with van der Waals surface area (Å²) in [6.45, 7) is 5.15. The number of thiazole rings is 1. The number of imidazole rings is 1. The third-order valence-corrected chi connectivity index (χ3v) is 4.94. The van der Waals surface area contributed by atoms with E-state index in [0.717, 1.165) is 17.2 Å². The van der Waals surface area contributed by atoms with Gasteiger partial charge in [-0.15, -0.1) is 35.3 Å². The molecule has 24 heavy (non-hydrogen) atoms. The largest absolute Gasteiger partial charge is 0.357 e. The summed E-state index contributed by atoms with van der Waals surface area (Å²) in [6, 6.07) is 0.0213. The van der Waals surface area contributed by atoms with Crippen molar-refractivity contribution in [3.05, 3.63) is 23.5 Å². The normalized spacial score (nSPS) is 13.5. The molecule has 0 aliphatic carbocycles. The van der Waals surface area contributed by atoms with E-state index < -0.39 is 9.84 Å². The molecule has 0 saturated heterocycles. The molecule has 0 fully saturated rings. The fourth-order valence-corrected chi connectivity index (χ4v) is 3.53. The van der Waals surface area contributed by atoms with E-state index in [1.165, 1.54) is 6.26 Å². The Morgan fingerprint density at radius 2 is 2.25 bits per heavy atom. The van der Waals surface area contributed by atoms with Crippen molar-refractivity contribution in [2.24, 2.45) is 4.99 Å². The second-order valence-electron chi connectivity index (χ2n) is 5.48. The smallest absolute Gasteiger partial charge is 0.193 e. The van der Waals surface area contributed by atoms with Crippen molar-refractivity contribution in [2.45, 2.75) is 32.9 Å². The Balaban J connectivity index is 0.00000288. The lowest BCUT2D eigenvalue weighted by Gasteiger charge is -2.17. The molecule has 136 valence electrons. The maximum absolute atomic E-state index is 11.2. The van der Waals surface area contributed by atoms with Crippen LogP contribution in [0.5, 0.6) is 0 Å². The molecule has 0 amide bonds. The van der Waals surface area contributed by atoms with E-state index in [2.05, 4.69) is 20.6 Å². The van der Waals surface area contributed by atoms with Gasteiger partial charge in [-0.25, -0.2) is 18.4 Å². The molecule has 10 heteroatoms. The Morgan fingerprint density at radius 3 is 2.88 bits per heavy atom. The van der Waals surface area contributed by atoms with Gasteiger partial charge < -0.3 is 10.6 Å². The van der Waals surface area contributed by atoms with E-state index in [1.54, 1.807) is 11.3 Å². The summed E-state index contributed by atoms with van der Waals surface area (Å²) in [5, 5.41) is 8.39. The Labute approximate surface area is 163 Å². The lowest BCUT2D eigenvalue weighted by atomic mass is 10.3. The molecule has 1 unspecified atom stereocenters.